The second-order valence-corrected chi connectivity index (χ2v) is 3.38. The van der Waals surface area contributed by atoms with Gasteiger partial charge < -0.3 is 15.7 Å². The highest BCUT2D eigenvalue weighted by Crippen LogP contribution is 2.11. The van der Waals surface area contributed by atoms with Crippen LogP contribution in [0.1, 0.15) is 17.3 Å². The van der Waals surface area contributed by atoms with E-state index >= 15 is 0 Å². The lowest BCUT2D eigenvalue weighted by Crippen LogP contribution is -2.37. The molecule has 1 atom stereocenters. The van der Waals surface area contributed by atoms with Crippen molar-refractivity contribution in [2.24, 2.45) is 0 Å². The molecule has 15 heavy (non-hydrogen) atoms. The van der Waals surface area contributed by atoms with Crippen LogP contribution in [0.2, 0.25) is 0 Å². The minimum Gasteiger partial charge on any atom is -0.394 e. The standard InChI is InChI=1S/C10H15N3O2/c1-7(6-14)13(2)10(15)8-4-3-5-12-9(8)11/h3-5,7,14H,6H2,1-2H3,(H2,11,12). The molecule has 0 fully saturated rings. The lowest BCUT2D eigenvalue weighted by Gasteiger charge is -2.23. The van der Waals surface area contributed by atoms with Gasteiger partial charge in [-0.15, -0.1) is 0 Å². The number of nitrogens with two attached hydrogens (primary N) is 1. The molecule has 3 N–H and O–H groups in total. The number of amides is 1. The number of aromatic nitrogens is 1. The quantitative estimate of drug-likeness (QED) is 0.740. The summed E-state index contributed by atoms with van der Waals surface area (Å²) in [6.07, 6.45) is 1.53. The smallest absolute Gasteiger partial charge is 0.257 e. The number of carbonyl (C=O) groups is 1. The lowest BCUT2D eigenvalue weighted by atomic mass is 10.2. The van der Waals surface area contributed by atoms with Crippen molar-refractivity contribution in [2.45, 2.75) is 13.0 Å². The van der Waals surface area contributed by atoms with Crippen molar-refractivity contribution in [2.75, 3.05) is 19.4 Å². The first-order valence-corrected chi connectivity index (χ1v) is 4.66. The Morgan fingerprint density at radius 2 is 2.40 bits per heavy atom. The van der Waals surface area contributed by atoms with Crippen molar-refractivity contribution in [1.82, 2.24) is 9.88 Å². The number of pyridine rings is 1. The predicted molar refractivity (Wildman–Crippen MR) is 57.3 cm³/mol. The fourth-order valence-corrected chi connectivity index (χ4v) is 1.11. The summed E-state index contributed by atoms with van der Waals surface area (Å²) >= 11 is 0. The van der Waals surface area contributed by atoms with Crippen LogP contribution < -0.4 is 5.73 Å². The van der Waals surface area contributed by atoms with Gasteiger partial charge in [0.25, 0.3) is 5.91 Å². The van der Waals surface area contributed by atoms with E-state index in [2.05, 4.69) is 4.98 Å². The Balaban J connectivity index is 2.90. The zero-order valence-electron chi connectivity index (χ0n) is 8.84. The maximum absolute atomic E-state index is 11.9. The second kappa shape index (κ2) is 4.75. The number of rotatable bonds is 3. The van der Waals surface area contributed by atoms with Gasteiger partial charge in [0, 0.05) is 13.2 Å². The molecule has 0 radical (unpaired) electrons. The van der Waals surface area contributed by atoms with Crippen molar-refractivity contribution < 1.29 is 9.90 Å². The van der Waals surface area contributed by atoms with Gasteiger partial charge in [-0.2, -0.15) is 0 Å². The molecule has 5 nitrogen and oxygen atoms in total. The summed E-state index contributed by atoms with van der Waals surface area (Å²) in [4.78, 5) is 17.1. The third-order valence-electron chi connectivity index (χ3n) is 2.31. The van der Waals surface area contributed by atoms with Crippen LogP contribution in [0.5, 0.6) is 0 Å². The summed E-state index contributed by atoms with van der Waals surface area (Å²) in [5, 5.41) is 8.93. The summed E-state index contributed by atoms with van der Waals surface area (Å²) in [7, 11) is 1.62. The Labute approximate surface area is 88.5 Å². The van der Waals surface area contributed by atoms with Gasteiger partial charge in [0.15, 0.2) is 0 Å². The van der Waals surface area contributed by atoms with E-state index in [-0.39, 0.29) is 24.4 Å². The number of nitrogen functional groups attached to an aromatic ring is 1. The molecule has 0 aromatic carbocycles. The lowest BCUT2D eigenvalue weighted by molar-refractivity contribution is 0.0683. The molecule has 0 spiro atoms. The fraction of sp³-hybridized carbons (Fsp3) is 0.400. The van der Waals surface area contributed by atoms with Crippen LogP contribution in [0.4, 0.5) is 5.82 Å². The highest BCUT2D eigenvalue weighted by molar-refractivity contribution is 5.98. The monoisotopic (exact) mass is 209 g/mol. The van der Waals surface area contributed by atoms with Crippen LogP contribution in [-0.4, -0.2) is 40.6 Å². The first kappa shape index (κ1) is 11.5. The molecular formula is C10H15N3O2. The van der Waals surface area contributed by atoms with E-state index in [9.17, 15) is 4.79 Å². The molecule has 1 unspecified atom stereocenters. The Morgan fingerprint density at radius 1 is 1.73 bits per heavy atom. The van der Waals surface area contributed by atoms with Crippen molar-refractivity contribution in [3.8, 4) is 0 Å². The van der Waals surface area contributed by atoms with Crippen LogP contribution in [0, 0.1) is 0 Å². The van der Waals surface area contributed by atoms with Gasteiger partial charge >= 0.3 is 0 Å². The van der Waals surface area contributed by atoms with E-state index in [1.54, 1.807) is 26.1 Å². The zero-order valence-corrected chi connectivity index (χ0v) is 8.84. The van der Waals surface area contributed by atoms with Crippen molar-refractivity contribution >= 4 is 11.7 Å². The number of aliphatic hydroxyl groups is 1. The number of nitrogens with zero attached hydrogens (tertiary/aromatic N) is 2. The molecule has 82 valence electrons. The first-order chi connectivity index (χ1) is 7.07. The topological polar surface area (TPSA) is 79.5 Å². The van der Waals surface area contributed by atoms with E-state index < -0.39 is 0 Å². The molecule has 0 aliphatic rings. The van der Waals surface area contributed by atoms with Crippen molar-refractivity contribution in [3.05, 3.63) is 23.9 Å². The maximum Gasteiger partial charge on any atom is 0.257 e. The molecule has 0 aliphatic heterocycles. The SMILES string of the molecule is CC(CO)N(C)C(=O)c1cccnc1N. The third-order valence-corrected chi connectivity index (χ3v) is 2.31. The molecule has 0 saturated heterocycles. The van der Waals surface area contributed by atoms with E-state index in [0.29, 0.717) is 5.56 Å². The molecule has 1 aromatic heterocycles. The molecule has 0 bridgehead atoms. The van der Waals surface area contributed by atoms with E-state index in [0.717, 1.165) is 0 Å². The molecule has 1 heterocycles. The highest BCUT2D eigenvalue weighted by atomic mass is 16.3. The first-order valence-electron chi connectivity index (χ1n) is 4.66. The molecule has 5 heteroatoms. The summed E-state index contributed by atoms with van der Waals surface area (Å²) in [6, 6.07) is 3.03. The summed E-state index contributed by atoms with van der Waals surface area (Å²) in [6.45, 7) is 1.67. The largest absolute Gasteiger partial charge is 0.394 e. The van der Waals surface area contributed by atoms with Gasteiger partial charge in [0.2, 0.25) is 0 Å². The number of carbonyl (C=O) groups excluding carboxylic acids is 1. The normalized spacial score (nSPS) is 12.2. The number of likely N-dealkylation sites (N-methyl/N-ethyl adjacent to an activating group) is 1. The minimum absolute atomic E-state index is 0.0809. The molecule has 1 aromatic rings. The van der Waals surface area contributed by atoms with Crippen LogP contribution in [-0.2, 0) is 0 Å². The Morgan fingerprint density at radius 3 is 2.93 bits per heavy atom. The van der Waals surface area contributed by atoms with Gasteiger partial charge in [0.05, 0.1) is 18.2 Å². The van der Waals surface area contributed by atoms with E-state index in [1.165, 1.54) is 11.1 Å². The summed E-state index contributed by atoms with van der Waals surface area (Å²) in [5.41, 5.74) is 5.94. The van der Waals surface area contributed by atoms with Crippen LogP contribution >= 0.6 is 0 Å². The number of hydrogen-bond acceptors (Lipinski definition) is 4. The number of hydrogen-bond donors (Lipinski definition) is 2. The Kier molecular flexibility index (Phi) is 3.62. The molecule has 0 saturated carbocycles. The molecule has 1 rings (SSSR count). The number of anilines is 1. The number of aliphatic hydroxyl groups excluding tert-OH is 1. The summed E-state index contributed by atoms with van der Waals surface area (Å²) < 4.78 is 0. The minimum atomic E-state index is -0.239. The van der Waals surface area contributed by atoms with Crippen LogP contribution in [0.3, 0.4) is 0 Å². The van der Waals surface area contributed by atoms with Crippen LogP contribution in [0.25, 0.3) is 0 Å². The molecule has 0 aliphatic carbocycles. The van der Waals surface area contributed by atoms with Crippen molar-refractivity contribution in [3.63, 3.8) is 0 Å². The highest BCUT2D eigenvalue weighted by Gasteiger charge is 2.18. The van der Waals surface area contributed by atoms with Gasteiger partial charge in [-0.3, -0.25) is 4.79 Å². The van der Waals surface area contributed by atoms with Gasteiger partial charge in [-0.05, 0) is 19.1 Å². The predicted octanol–water partition coefficient (Wildman–Crippen LogP) is 0.117. The second-order valence-electron chi connectivity index (χ2n) is 3.38. The maximum atomic E-state index is 11.9. The Hall–Kier alpha value is -1.62. The summed E-state index contributed by atoms with van der Waals surface area (Å²) in [5.74, 6) is -0.0263. The van der Waals surface area contributed by atoms with E-state index in [1.807, 2.05) is 0 Å². The van der Waals surface area contributed by atoms with E-state index in [4.69, 9.17) is 10.8 Å². The van der Waals surface area contributed by atoms with Gasteiger partial charge in [-0.25, -0.2) is 4.98 Å². The average Bonchev–Trinajstić information content (AvgIpc) is 2.26. The van der Waals surface area contributed by atoms with Gasteiger partial charge in [-0.1, -0.05) is 0 Å². The average molecular weight is 209 g/mol. The third kappa shape index (κ3) is 2.44. The Bertz CT molecular complexity index is 354. The van der Waals surface area contributed by atoms with Gasteiger partial charge in [0.1, 0.15) is 5.82 Å². The zero-order chi connectivity index (χ0) is 11.4. The van der Waals surface area contributed by atoms with Crippen LogP contribution in [0.15, 0.2) is 18.3 Å². The van der Waals surface area contributed by atoms with Crippen molar-refractivity contribution in [1.29, 1.82) is 0 Å². The molecular weight excluding hydrogens is 194 g/mol. The molecule has 1 amide bonds. The fourth-order valence-electron chi connectivity index (χ4n) is 1.11.